The molecule has 0 radical (unpaired) electrons. The molecule has 0 heterocycles. The molecule has 2 aromatic carbocycles. The summed E-state index contributed by atoms with van der Waals surface area (Å²) in [6, 6.07) is 11.5. The van der Waals surface area contributed by atoms with E-state index < -0.39 is 11.8 Å². The van der Waals surface area contributed by atoms with Crippen molar-refractivity contribution in [3.05, 3.63) is 64.7 Å². The summed E-state index contributed by atoms with van der Waals surface area (Å²) in [6.45, 7) is 4.74. The number of nitrogens with one attached hydrogen (secondary N) is 1. The van der Waals surface area contributed by atoms with Crippen LogP contribution in [0.4, 0.5) is 18.9 Å². The number of alkyl halides is 3. The van der Waals surface area contributed by atoms with Crippen LogP contribution in [0.15, 0.2) is 48.5 Å². The molecule has 2 aromatic rings. The summed E-state index contributed by atoms with van der Waals surface area (Å²) in [6.07, 6.45) is -4.95. The molecule has 0 bridgehead atoms. The Morgan fingerprint density at radius 1 is 1.04 bits per heavy atom. The van der Waals surface area contributed by atoms with Gasteiger partial charge in [0.15, 0.2) is 0 Å². The number of halogens is 4. The molecule has 1 atom stereocenters. The molecule has 0 aliphatic carbocycles. The van der Waals surface area contributed by atoms with Crippen molar-refractivity contribution in [3.8, 4) is 11.8 Å². The van der Waals surface area contributed by atoms with Gasteiger partial charge in [-0.15, -0.1) is 0 Å². The van der Waals surface area contributed by atoms with Crippen LogP contribution in [0.1, 0.15) is 25.0 Å². The lowest BCUT2D eigenvalue weighted by Crippen LogP contribution is -2.41. The van der Waals surface area contributed by atoms with E-state index in [1.165, 1.54) is 48.5 Å². The molecule has 0 aromatic heterocycles. The quantitative estimate of drug-likeness (QED) is 0.712. The topological polar surface area (TPSA) is 32.3 Å². The third kappa shape index (κ3) is 4.94. The van der Waals surface area contributed by atoms with Gasteiger partial charge in [-0.3, -0.25) is 0 Å². The smallest absolute Gasteiger partial charge is 0.385 e. The molecule has 6 heteroatoms. The SMILES string of the molecule is CC(C)CNc1ccc(C(O)(C#Cc2ccc(Cl)cc2)C(F)(F)F)cc1. The van der Waals surface area contributed by atoms with Gasteiger partial charge >= 0.3 is 6.18 Å². The Labute approximate surface area is 156 Å². The van der Waals surface area contributed by atoms with E-state index in [2.05, 4.69) is 11.2 Å². The minimum Gasteiger partial charge on any atom is -0.385 e. The molecule has 0 aliphatic rings. The fraction of sp³-hybridized carbons (Fsp3) is 0.300. The second-order valence-corrected chi connectivity index (χ2v) is 6.75. The number of hydrogen-bond donors (Lipinski definition) is 2. The van der Waals surface area contributed by atoms with Gasteiger partial charge in [0.05, 0.1) is 0 Å². The van der Waals surface area contributed by atoms with Crippen molar-refractivity contribution < 1.29 is 18.3 Å². The third-order valence-electron chi connectivity index (χ3n) is 3.66. The molecule has 1 unspecified atom stereocenters. The van der Waals surface area contributed by atoms with Crippen LogP contribution in [0.2, 0.25) is 5.02 Å². The summed E-state index contributed by atoms with van der Waals surface area (Å²) in [7, 11) is 0. The number of aliphatic hydroxyl groups is 1. The van der Waals surface area contributed by atoms with Crippen LogP contribution in [0, 0.1) is 17.8 Å². The lowest BCUT2D eigenvalue weighted by atomic mass is 9.93. The molecule has 0 amide bonds. The molecule has 138 valence electrons. The first kappa shape index (κ1) is 20.2. The number of rotatable bonds is 4. The average molecular weight is 382 g/mol. The Hall–Kier alpha value is -2.16. The first-order valence-electron chi connectivity index (χ1n) is 8.04. The van der Waals surface area contributed by atoms with Gasteiger partial charge in [0.1, 0.15) is 0 Å². The molecule has 2 nitrogen and oxygen atoms in total. The van der Waals surface area contributed by atoms with Crippen molar-refractivity contribution in [2.24, 2.45) is 5.92 Å². The van der Waals surface area contributed by atoms with Crippen LogP contribution in [0.25, 0.3) is 0 Å². The molecule has 0 aliphatic heterocycles. The van der Waals surface area contributed by atoms with E-state index in [9.17, 15) is 18.3 Å². The first-order chi connectivity index (χ1) is 12.1. The fourth-order valence-electron chi connectivity index (χ4n) is 2.15. The molecule has 0 saturated carbocycles. The monoisotopic (exact) mass is 381 g/mol. The molecule has 2 N–H and O–H groups in total. The number of benzene rings is 2. The fourth-order valence-corrected chi connectivity index (χ4v) is 2.28. The largest absolute Gasteiger partial charge is 0.433 e. The normalized spacial score (nSPS) is 13.7. The lowest BCUT2D eigenvalue weighted by Gasteiger charge is -2.26. The maximum atomic E-state index is 13.5. The van der Waals surface area contributed by atoms with E-state index in [0.29, 0.717) is 28.7 Å². The van der Waals surface area contributed by atoms with Gasteiger partial charge in [0.25, 0.3) is 0 Å². The van der Waals surface area contributed by atoms with Crippen molar-refractivity contribution in [1.82, 2.24) is 0 Å². The van der Waals surface area contributed by atoms with Crippen molar-refractivity contribution in [2.45, 2.75) is 25.6 Å². The van der Waals surface area contributed by atoms with Gasteiger partial charge in [-0.25, -0.2) is 0 Å². The summed E-state index contributed by atoms with van der Waals surface area (Å²) < 4.78 is 40.6. The van der Waals surface area contributed by atoms with Crippen molar-refractivity contribution >= 4 is 17.3 Å². The highest BCUT2D eigenvalue weighted by molar-refractivity contribution is 6.30. The third-order valence-corrected chi connectivity index (χ3v) is 3.91. The zero-order chi connectivity index (χ0) is 19.4. The van der Waals surface area contributed by atoms with Crippen LogP contribution in [0.5, 0.6) is 0 Å². The highest BCUT2D eigenvalue weighted by atomic mass is 35.5. The van der Waals surface area contributed by atoms with E-state index >= 15 is 0 Å². The summed E-state index contributed by atoms with van der Waals surface area (Å²) >= 11 is 5.75. The van der Waals surface area contributed by atoms with Crippen LogP contribution >= 0.6 is 11.6 Å². The molecular weight excluding hydrogens is 363 g/mol. The molecular formula is C20H19ClF3NO. The summed E-state index contributed by atoms with van der Waals surface area (Å²) in [5.74, 6) is 4.75. The molecule has 2 rings (SSSR count). The van der Waals surface area contributed by atoms with E-state index in [1.54, 1.807) is 0 Å². The van der Waals surface area contributed by atoms with E-state index in [4.69, 9.17) is 11.6 Å². The zero-order valence-electron chi connectivity index (χ0n) is 14.4. The van der Waals surface area contributed by atoms with Gasteiger partial charge in [-0.1, -0.05) is 43.5 Å². The minimum atomic E-state index is -4.95. The molecule has 26 heavy (non-hydrogen) atoms. The molecule has 0 saturated heterocycles. The Balaban J connectivity index is 2.34. The second-order valence-electron chi connectivity index (χ2n) is 6.32. The summed E-state index contributed by atoms with van der Waals surface area (Å²) in [4.78, 5) is 0. The predicted molar refractivity (Wildman–Crippen MR) is 98.1 cm³/mol. The van der Waals surface area contributed by atoms with E-state index in [-0.39, 0.29) is 5.56 Å². The van der Waals surface area contributed by atoms with Gasteiger partial charge in [0, 0.05) is 28.4 Å². The summed E-state index contributed by atoms with van der Waals surface area (Å²) in [5, 5.41) is 13.9. The minimum absolute atomic E-state index is 0.326. The zero-order valence-corrected chi connectivity index (χ0v) is 15.1. The maximum absolute atomic E-state index is 13.5. The predicted octanol–water partition coefficient (Wildman–Crippen LogP) is 5.21. The van der Waals surface area contributed by atoms with Gasteiger partial charge in [-0.2, -0.15) is 13.2 Å². The number of hydrogen-bond acceptors (Lipinski definition) is 2. The van der Waals surface area contributed by atoms with Crippen LogP contribution < -0.4 is 5.32 Å². The first-order valence-corrected chi connectivity index (χ1v) is 8.42. The van der Waals surface area contributed by atoms with Crippen molar-refractivity contribution in [1.29, 1.82) is 0 Å². The van der Waals surface area contributed by atoms with Crippen LogP contribution in [-0.4, -0.2) is 17.8 Å². The molecule has 0 fully saturated rings. The Morgan fingerprint density at radius 3 is 2.12 bits per heavy atom. The maximum Gasteiger partial charge on any atom is 0.433 e. The van der Waals surface area contributed by atoms with Gasteiger partial charge < -0.3 is 10.4 Å². The van der Waals surface area contributed by atoms with Crippen molar-refractivity contribution in [3.63, 3.8) is 0 Å². The Morgan fingerprint density at radius 2 is 1.62 bits per heavy atom. The average Bonchev–Trinajstić information content (AvgIpc) is 2.58. The standard InChI is InChI=1S/C20H19ClF3NO/c1-14(2)13-25-18-9-5-16(6-10-18)19(26,20(22,23)24)12-11-15-3-7-17(21)8-4-15/h3-10,14,25-26H,13H2,1-2H3. The highest BCUT2D eigenvalue weighted by Gasteiger charge is 2.54. The lowest BCUT2D eigenvalue weighted by molar-refractivity contribution is -0.240. The Bertz CT molecular complexity index is 789. The van der Waals surface area contributed by atoms with Gasteiger partial charge in [-0.05, 0) is 48.2 Å². The van der Waals surface area contributed by atoms with Gasteiger partial charge in [0.2, 0.25) is 5.60 Å². The highest BCUT2D eigenvalue weighted by Crippen LogP contribution is 2.39. The molecule has 0 spiro atoms. The van der Waals surface area contributed by atoms with E-state index in [0.717, 1.165) is 0 Å². The van der Waals surface area contributed by atoms with Crippen LogP contribution in [-0.2, 0) is 5.60 Å². The van der Waals surface area contributed by atoms with E-state index in [1.807, 2.05) is 19.8 Å². The van der Waals surface area contributed by atoms with Crippen LogP contribution in [0.3, 0.4) is 0 Å². The number of anilines is 1. The summed E-state index contributed by atoms with van der Waals surface area (Å²) in [5.41, 5.74) is -2.59. The second kappa shape index (κ2) is 8.03. The Kier molecular flexibility index (Phi) is 6.22. The van der Waals surface area contributed by atoms with Crippen molar-refractivity contribution in [2.75, 3.05) is 11.9 Å².